The second-order valence-corrected chi connectivity index (χ2v) is 10.4. The standard InChI is InChI=1S/C28H35F3N4O4/c1-18-4-10-25(20(3)19(18)2)33-12-14-34(15-13-33)27(36)17-39-23-8-5-21(6-9-23)32-22-7-11-26(35(37)38)24(16-22)28(29,30)31/h4,7,10-11,16,21,23,32H,5-6,8-9,12-15,17H2,1-3H3. The number of hydrogen-bond acceptors (Lipinski definition) is 6. The molecule has 1 amide bonds. The SMILES string of the molecule is Cc1ccc(N2CCN(C(=O)COC3CCC(Nc4ccc([N+](=O)[O-])c(C(F)(F)F)c4)CC3)CC2)c(C)c1C. The molecule has 2 aromatic carbocycles. The molecule has 1 saturated heterocycles. The van der Waals surface area contributed by atoms with Gasteiger partial charge in [-0.25, -0.2) is 0 Å². The van der Waals surface area contributed by atoms with Gasteiger partial charge in [0.05, 0.1) is 11.0 Å². The molecule has 11 heteroatoms. The van der Waals surface area contributed by atoms with Crippen LogP contribution in [0.2, 0.25) is 0 Å². The largest absolute Gasteiger partial charge is 0.423 e. The van der Waals surface area contributed by atoms with Crippen molar-refractivity contribution in [3.8, 4) is 0 Å². The van der Waals surface area contributed by atoms with Crippen LogP contribution in [0.25, 0.3) is 0 Å². The number of carbonyl (C=O) groups excluding carboxylic acids is 1. The molecule has 0 bridgehead atoms. The van der Waals surface area contributed by atoms with Gasteiger partial charge < -0.3 is 19.9 Å². The van der Waals surface area contributed by atoms with E-state index in [4.69, 9.17) is 4.74 Å². The second kappa shape index (κ2) is 11.8. The monoisotopic (exact) mass is 548 g/mol. The Labute approximate surface area is 226 Å². The molecule has 1 aliphatic heterocycles. The van der Waals surface area contributed by atoms with Crippen molar-refractivity contribution >= 4 is 23.0 Å². The first-order chi connectivity index (χ1) is 18.4. The number of halogens is 3. The number of nitro groups is 1. The van der Waals surface area contributed by atoms with Crippen molar-refractivity contribution in [2.24, 2.45) is 0 Å². The molecule has 1 aliphatic carbocycles. The van der Waals surface area contributed by atoms with Gasteiger partial charge in [0, 0.05) is 49.7 Å². The van der Waals surface area contributed by atoms with Crippen LogP contribution in [0.15, 0.2) is 30.3 Å². The van der Waals surface area contributed by atoms with Gasteiger partial charge in [-0.2, -0.15) is 13.2 Å². The highest BCUT2D eigenvalue weighted by Crippen LogP contribution is 2.38. The van der Waals surface area contributed by atoms with Crippen molar-refractivity contribution in [3.63, 3.8) is 0 Å². The van der Waals surface area contributed by atoms with E-state index in [1.54, 1.807) is 0 Å². The number of amides is 1. The minimum absolute atomic E-state index is 0.0166. The van der Waals surface area contributed by atoms with E-state index in [0.29, 0.717) is 38.8 Å². The van der Waals surface area contributed by atoms with Gasteiger partial charge in [0.1, 0.15) is 12.2 Å². The van der Waals surface area contributed by atoms with Crippen LogP contribution in [-0.4, -0.2) is 60.7 Å². The van der Waals surface area contributed by atoms with Crippen LogP contribution in [-0.2, 0) is 15.7 Å². The van der Waals surface area contributed by atoms with Gasteiger partial charge in [-0.15, -0.1) is 0 Å². The number of nitro benzene ring substituents is 1. The topological polar surface area (TPSA) is 88.0 Å². The molecule has 39 heavy (non-hydrogen) atoms. The van der Waals surface area contributed by atoms with E-state index >= 15 is 0 Å². The number of ether oxygens (including phenoxy) is 1. The summed E-state index contributed by atoms with van der Waals surface area (Å²) >= 11 is 0. The molecule has 4 rings (SSSR count). The summed E-state index contributed by atoms with van der Waals surface area (Å²) in [5.41, 5.74) is 3.03. The summed E-state index contributed by atoms with van der Waals surface area (Å²) in [5, 5.41) is 14.0. The first kappa shape index (κ1) is 28.7. The maximum atomic E-state index is 13.3. The summed E-state index contributed by atoms with van der Waals surface area (Å²) < 4.78 is 45.7. The maximum absolute atomic E-state index is 13.3. The van der Waals surface area contributed by atoms with Crippen LogP contribution in [0, 0.1) is 30.9 Å². The van der Waals surface area contributed by atoms with Gasteiger partial charge in [0.2, 0.25) is 5.91 Å². The third-order valence-corrected chi connectivity index (χ3v) is 7.99. The smallest absolute Gasteiger partial charge is 0.382 e. The fourth-order valence-corrected chi connectivity index (χ4v) is 5.38. The number of aryl methyl sites for hydroxylation is 1. The number of nitrogens with zero attached hydrogens (tertiary/aromatic N) is 3. The van der Waals surface area contributed by atoms with Crippen molar-refractivity contribution in [1.29, 1.82) is 0 Å². The molecule has 212 valence electrons. The van der Waals surface area contributed by atoms with E-state index in [2.05, 4.69) is 43.1 Å². The Morgan fingerprint density at radius 3 is 2.31 bits per heavy atom. The second-order valence-electron chi connectivity index (χ2n) is 10.4. The highest BCUT2D eigenvalue weighted by molar-refractivity contribution is 5.78. The molecule has 2 aromatic rings. The molecule has 8 nitrogen and oxygen atoms in total. The van der Waals surface area contributed by atoms with E-state index in [1.165, 1.54) is 28.4 Å². The maximum Gasteiger partial charge on any atom is 0.423 e. The molecular weight excluding hydrogens is 513 g/mol. The van der Waals surface area contributed by atoms with Gasteiger partial charge in [0.15, 0.2) is 0 Å². The van der Waals surface area contributed by atoms with Gasteiger partial charge >= 0.3 is 6.18 Å². The van der Waals surface area contributed by atoms with Crippen molar-refractivity contribution in [2.45, 2.75) is 64.8 Å². The number of carbonyl (C=O) groups is 1. The lowest BCUT2D eigenvalue weighted by Crippen LogP contribution is -2.50. The lowest BCUT2D eigenvalue weighted by molar-refractivity contribution is -0.388. The van der Waals surface area contributed by atoms with Gasteiger partial charge in [0.25, 0.3) is 5.69 Å². The normalized spacial score (nSPS) is 20.2. The predicted molar refractivity (Wildman–Crippen MR) is 143 cm³/mol. The van der Waals surface area contributed by atoms with E-state index in [1.807, 2.05) is 4.90 Å². The highest BCUT2D eigenvalue weighted by atomic mass is 19.4. The molecule has 0 unspecified atom stereocenters. The number of rotatable bonds is 7. The minimum atomic E-state index is -4.82. The van der Waals surface area contributed by atoms with Gasteiger partial charge in [-0.3, -0.25) is 14.9 Å². The fourth-order valence-electron chi connectivity index (χ4n) is 5.38. The van der Waals surface area contributed by atoms with Crippen LogP contribution >= 0.6 is 0 Å². The number of anilines is 2. The summed E-state index contributed by atoms with van der Waals surface area (Å²) in [6.07, 6.45) is -2.25. The Hall–Kier alpha value is -3.34. The molecule has 0 aromatic heterocycles. The Morgan fingerprint density at radius 1 is 1.03 bits per heavy atom. The zero-order chi connectivity index (χ0) is 28.3. The van der Waals surface area contributed by atoms with Crippen LogP contribution in [0.3, 0.4) is 0 Å². The van der Waals surface area contributed by atoms with Crippen LogP contribution < -0.4 is 10.2 Å². The lowest BCUT2D eigenvalue weighted by atomic mass is 9.92. The van der Waals surface area contributed by atoms with Crippen molar-refractivity contribution in [3.05, 3.63) is 62.7 Å². The van der Waals surface area contributed by atoms with Crippen molar-refractivity contribution in [1.82, 2.24) is 4.90 Å². The quantitative estimate of drug-likeness (QED) is 0.357. The summed E-state index contributed by atoms with van der Waals surface area (Å²) in [6.45, 7) is 9.21. The van der Waals surface area contributed by atoms with Crippen molar-refractivity contribution in [2.75, 3.05) is 43.0 Å². The molecule has 1 saturated carbocycles. The third kappa shape index (κ3) is 6.81. The molecule has 0 atom stereocenters. The summed E-state index contributed by atoms with van der Waals surface area (Å²) in [6, 6.07) is 7.19. The van der Waals surface area contributed by atoms with Gasteiger partial charge in [-0.1, -0.05) is 6.07 Å². The molecule has 2 aliphatic rings. The predicted octanol–water partition coefficient (Wildman–Crippen LogP) is 5.63. The average Bonchev–Trinajstić information content (AvgIpc) is 2.91. The van der Waals surface area contributed by atoms with Crippen LogP contribution in [0.5, 0.6) is 0 Å². The number of piperazine rings is 1. The number of alkyl halides is 3. The number of nitrogens with one attached hydrogen (secondary N) is 1. The summed E-state index contributed by atoms with van der Waals surface area (Å²) in [4.78, 5) is 26.9. The van der Waals surface area contributed by atoms with Crippen molar-refractivity contribution < 1.29 is 27.6 Å². The Kier molecular flexibility index (Phi) is 8.68. The van der Waals surface area contributed by atoms with Crippen LogP contribution in [0.1, 0.15) is 47.9 Å². The summed E-state index contributed by atoms with van der Waals surface area (Å²) in [7, 11) is 0. The third-order valence-electron chi connectivity index (χ3n) is 7.99. The highest BCUT2D eigenvalue weighted by Gasteiger charge is 2.38. The van der Waals surface area contributed by atoms with Gasteiger partial charge in [-0.05, 0) is 81.3 Å². The summed E-state index contributed by atoms with van der Waals surface area (Å²) in [5.74, 6) is -0.0303. The van der Waals surface area contributed by atoms with E-state index in [0.717, 1.165) is 25.2 Å². The number of hydrogen-bond donors (Lipinski definition) is 1. The van der Waals surface area contributed by atoms with E-state index in [9.17, 15) is 28.1 Å². The average molecular weight is 549 g/mol. The Balaban J connectivity index is 1.21. The van der Waals surface area contributed by atoms with Crippen LogP contribution in [0.4, 0.5) is 30.2 Å². The molecule has 0 radical (unpaired) electrons. The fraction of sp³-hybridized carbons (Fsp3) is 0.536. The first-order valence-electron chi connectivity index (χ1n) is 13.3. The van der Waals surface area contributed by atoms with E-state index in [-0.39, 0.29) is 30.3 Å². The molecule has 2 fully saturated rings. The molecule has 0 spiro atoms. The minimum Gasteiger partial charge on any atom is -0.382 e. The first-order valence-corrected chi connectivity index (χ1v) is 13.3. The lowest BCUT2D eigenvalue weighted by Gasteiger charge is -2.37. The molecule has 1 N–H and O–H groups in total. The Morgan fingerprint density at radius 2 is 1.69 bits per heavy atom. The molecule has 1 heterocycles. The van der Waals surface area contributed by atoms with E-state index < -0.39 is 22.4 Å². The zero-order valence-electron chi connectivity index (χ0n) is 22.5. The number of benzene rings is 2. The Bertz CT molecular complexity index is 1200. The molecular formula is C28H35F3N4O4. The zero-order valence-corrected chi connectivity index (χ0v) is 22.5.